The number of hydrogen-bond donors (Lipinski definition) is 0. The zero-order valence-corrected chi connectivity index (χ0v) is 38.3. The predicted octanol–water partition coefficient (Wildman–Crippen LogP) is 14.1. The maximum atomic E-state index is 5.66. The summed E-state index contributed by atoms with van der Waals surface area (Å²) in [5.41, 5.74) is 17.4. The van der Waals surface area contributed by atoms with Crippen molar-refractivity contribution in [3.63, 3.8) is 0 Å². The van der Waals surface area contributed by atoms with E-state index in [4.69, 9.17) is 15.0 Å². The van der Waals surface area contributed by atoms with Crippen molar-refractivity contribution >= 4 is 43.7 Å². The van der Waals surface area contributed by atoms with Crippen LogP contribution in [0.2, 0.25) is 0 Å². The number of benzene rings is 6. The van der Waals surface area contributed by atoms with E-state index in [0.29, 0.717) is 0 Å². The van der Waals surface area contributed by atoms with Crippen LogP contribution in [0, 0.1) is 19.9 Å². The Hall–Kier alpha value is -5.31. The number of nitrogens with zero attached hydrogens (tertiary/aromatic N) is 4. The summed E-state index contributed by atoms with van der Waals surface area (Å²) in [4.78, 5) is 15.9. The summed E-state index contributed by atoms with van der Waals surface area (Å²) in [6.07, 6.45) is 1.88. The number of para-hydroxylation sites is 2. The third-order valence-electron chi connectivity index (χ3n) is 11.9. The van der Waals surface area contributed by atoms with Crippen molar-refractivity contribution in [1.29, 1.82) is 0 Å². The van der Waals surface area contributed by atoms with Crippen molar-refractivity contribution in [1.82, 2.24) is 19.5 Å². The van der Waals surface area contributed by atoms with Crippen LogP contribution in [-0.4, -0.2) is 14.5 Å². The molecule has 0 amide bonds. The summed E-state index contributed by atoms with van der Waals surface area (Å²) in [6, 6.07) is 43.7. The molecule has 3 heterocycles. The van der Waals surface area contributed by atoms with E-state index in [1.54, 1.807) is 0 Å². The van der Waals surface area contributed by atoms with Crippen LogP contribution >= 0.6 is 0 Å². The molecule has 0 saturated carbocycles. The van der Waals surface area contributed by atoms with Crippen LogP contribution in [0.25, 0.3) is 83.1 Å². The van der Waals surface area contributed by atoms with E-state index in [9.17, 15) is 0 Å². The first-order valence-electron chi connectivity index (χ1n) is 20.5. The number of imidazole rings is 1. The Morgan fingerprint density at radius 1 is 0.559 bits per heavy atom. The molecule has 0 atom stereocenters. The van der Waals surface area contributed by atoms with E-state index >= 15 is 0 Å². The minimum atomic E-state index is -0.0798. The average Bonchev–Trinajstić information content (AvgIpc) is 3.75. The molecular weight excluding hydrogens is 900 g/mol. The zero-order chi connectivity index (χ0) is 40.9. The smallest absolute Gasteiger partial charge is 0.656 e. The van der Waals surface area contributed by atoms with Crippen LogP contribution < -0.4 is 4.98 Å². The van der Waals surface area contributed by atoms with Gasteiger partial charge in [0.15, 0.2) is 0 Å². The first-order chi connectivity index (χ1) is 27.5. The fraction of sp³-hybridized carbons (Fsp3) is 0.259. The van der Waals surface area contributed by atoms with Gasteiger partial charge in [0.25, 0.3) is 0 Å². The van der Waals surface area contributed by atoms with Crippen LogP contribution in [0.1, 0.15) is 90.1 Å². The summed E-state index contributed by atoms with van der Waals surface area (Å²) in [5, 5.41) is 3.52. The van der Waals surface area contributed by atoms with Crippen molar-refractivity contribution in [2.45, 2.75) is 92.4 Å². The number of fused-ring (bicyclic) bond motifs is 5. The van der Waals surface area contributed by atoms with E-state index < -0.39 is 0 Å². The summed E-state index contributed by atoms with van der Waals surface area (Å²) >= 11 is 0. The Morgan fingerprint density at radius 3 is 1.90 bits per heavy atom. The largest absolute Gasteiger partial charge is 2.00 e. The first kappa shape index (κ1) is 40.5. The van der Waals surface area contributed by atoms with Crippen LogP contribution in [0.15, 0.2) is 115 Å². The second kappa shape index (κ2) is 14.5. The molecule has 0 fully saturated rings. The molecule has 5 heteroatoms. The minimum Gasteiger partial charge on any atom is -0.656 e. The van der Waals surface area contributed by atoms with E-state index in [2.05, 4.69) is 190 Å². The monoisotopic (exact) mass is 951 g/mol. The molecule has 0 bridgehead atoms. The number of rotatable bonds is 4. The molecule has 0 aliphatic rings. The van der Waals surface area contributed by atoms with Crippen LogP contribution in [0.5, 0.6) is 0 Å². The van der Waals surface area contributed by atoms with Gasteiger partial charge < -0.3 is 9.55 Å². The Labute approximate surface area is 363 Å². The Bertz CT molecular complexity index is 3060. The maximum absolute atomic E-state index is 5.66. The van der Waals surface area contributed by atoms with Gasteiger partial charge in [-0.3, -0.25) is 9.97 Å². The Kier molecular flexibility index (Phi) is 9.91. The molecule has 0 radical (unpaired) electrons. The van der Waals surface area contributed by atoms with Crippen LogP contribution in [0.3, 0.4) is 0 Å². The quantitative estimate of drug-likeness (QED) is 0.165. The van der Waals surface area contributed by atoms with Crippen molar-refractivity contribution in [3.8, 4) is 39.3 Å². The summed E-state index contributed by atoms with van der Waals surface area (Å²) in [7, 11) is 0. The molecule has 3 aromatic heterocycles. The average molecular weight is 952 g/mol. The number of hydrogen-bond acceptors (Lipinski definition) is 2. The summed E-state index contributed by atoms with van der Waals surface area (Å²) < 4.78 is 2.36. The van der Waals surface area contributed by atoms with Crippen molar-refractivity contribution in [3.05, 3.63) is 149 Å². The topological polar surface area (TPSA) is 44.8 Å². The second-order valence-corrected chi connectivity index (χ2v) is 19.3. The molecule has 0 spiro atoms. The van der Waals surface area contributed by atoms with E-state index in [1.165, 1.54) is 38.6 Å². The van der Waals surface area contributed by atoms with Crippen LogP contribution in [-0.2, 0) is 37.3 Å². The molecule has 0 aliphatic carbocycles. The molecule has 0 saturated heterocycles. The van der Waals surface area contributed by atoms with Gasteiger partial charge >= 0.3 is 21.1 Å². The second-order valence-electron chi connectivity index (χ2n) is 19.3. The Balaban J connectivity index is 0.00000484. The molecule has 9 rings (SSSR count). The van der Waals surface area contributed by atoms with Gasteiger partial charge in [-0.25, -0.2) is 0 Å². The van der Waals surface area contributed by atoms with Gasteiger partial charge in [0, 0.05) is 23.0 Å². The molecule has 0 unspecified atom stereocenters. The van der Waals surface area contributed by atoms with Gasteiger partial charge in [-0.05, 0) is 91.8 Å². The third-order valence-corrected chi connectivity index (χ3v) is 11.9. The summed E-state index contributed by atoms with van der Waals surface area (Å²) in [5.74, 6) is 0.851. The molecule has 298 valence electrons. The fourth-order valence-electron chi connectivity index (χ4n) is 8.50. The first-order valence-corrected chi connectivity index (χ1v) is 20.5. The molecule has 9 aromatic rings. The molecule has 4 nitrogen and oxygen atoms in total. The normalized spacial score (nSPS) is 12.5. The molecule has 0 N–H and O–H groups in total. The van der Waals surface area contributed by atoms with Crippen molar-refractivity contribution < 1.29 is 21.1 Å². The third kappa shape index (κ3) is 7.04. The predicted molar refractivity (Wildman–Crippen MR) is 245 cm³/mol. The fourth-order valence-corrected chi connectivity index (χ4v) is 8.50. The van der Waals surface area contributed by atoms with Crippen LogP contribution in [0.4, 0.5) is 0 Å². The van der Waals surface area contributed by atoms with Gasteiger partial charge in [0.2, 0.25) is 0 Å². The molecule has 0 aliphatic heterocycles. The number of pyridine rings is 1. The number of aromatic nitrogens is 4. The van der Waals surface area contributed by atoms with Gasteiger partial charge in [0.1, 0.15) is 0 Å². The summed E-state index contributed by atoms with van der Waals surface area (Å²) in [6.45, 7) is 24.9. The van der Waals surface area contributed by atoms with Gasteiger partial charge in [0.05, 0.1) is 16.9 Å². The zero-order valence-electron chi connectivity index (χ0n) is 36.1. The van der Waals surface area contributed by atoms with E-state index in [1.807, 2.05) is 12.3 Å². The van der Waals surface area contributed by atoms with E-state index in [-0.39, 0.29) is 37.3 Å². The van der Waals surface area contributed by atoms with Crippen molar-refractivity contribution in [2.75, 3.05) is 0 Å². The molecule has 59 heavy (non-hydrogen) atoms. The SMILES string of the molecule is Cc1cccc(C)c1-n1c(-c2[c-]c(-c3cc(C(C)(C)C)cc4cccnc34)ccc2)nc2c(-c3cc(C(C)(C)C)cc4c3[n-]c3ccc(C(C)(C)C)cc34)cccc21.[Pt+2]. The van der Waals surface area contributed by atoms with Crippen molar-refractivity contribution in [2.24, 2.45) is 0 Å². The minimum absolute atomic E-state index is 0. The number of aryl methyl sites for hydroxylation is 2. The maximum Gasteiger partial charge on any atom is 2.00 e. The van der Waals surface area contributed by atoms with Gasteiger partial charge in [-0.1, -0.05) is 152 Å². The Morgan fingerprint density at radius 2 is 1.19 bits per heavy atom. The van der Waals surface area contributed by atoms with Gasteiger partial charge in [-0.2, -0.15) is 0 Å². The molecule has 6 aromatic carbocycles. The molecular formula is C54H52N4Pt. The van der Waals surface area contributed by atoms with Gasteiger partial charge in [-0.15, -0.1) is 40.9 Å². The standard InChI is InChI=1S/C54H52N4.Pt/c1-32-16-12-17-33(2)50(32)58-46-22-14-21-40(43-30-39(54(9,10)11)31-44-42-28-37(52(3,4)5)23-24-45(42)56-48(43)44)49(46)57-51(58)36-19-13-18-34(26-36)41-29-38(53(6,7)8)27-35-20-15-25-55-47(35)41;/h12-25,27-31H,1-11H3;/q-2;+2. The van der Waals surface area contributed by atoms with E-state index in [0.717, 1.165) is 72.3 Å².